The van der Waals surface area contributed by atoms with E-state index in [0.717, 1.165) is 10.3 Å². The third kappa shape index (κ3) is 3.70. The fourth-order valence-electron chi connectivity index (χ4n) is 4.72. The van der Waals surface area contributed by atoms with E-state index in [1.165, 1.54) is 27.2 Å². The molecule has 1 fully saturated rings. The van der Waals surface area contributed by atoms with Crippen LogP contribution in [0.2, 0.25) is 0 Å². The number of aromatic nitrogens is 7. The molecule has 1 amide bonds. The Morgan fingerprint density at radius 2 is 1.66 bits per heavy atom. The van der Waals surface area contributed by atoms with Gasteiger partial charge in [0.2, 0.25) is 5.91 Å². The first-order valence-electron chi connectivity index (χ1n) is 11.4. The minimum Gasteiger partial charge on any atom is -0.341 e. The van der Waals surface area contributed by atoms with Crippen LogP contribution in [-0.2, 0) is 32.5 Å². The molecule has 1 aliphatic rings. The largest absolute Gasteiger partial charge is 0.350 e. The van der Waals surface area contributed by atoms with Gasteiger partial charge >= 0.3 is 11.4 Å². The molecule has 1 saturated heterocycles. The van der Waals surface area contributed by atoms with Crippen molar-refractivity contribution in [3.63, 3.8) is 0 Å². The van der Waals surface area contributed by atoms with Gasteiger partial charge in [0.05, 0.1) is 12.0 Å². The predicted molar refractivity (Wildman–Crippen MR) is 128 cm³/mol. The number of nitrogens with zero attached hydrogens (tertiary/aromatic N) is 8. The Labute approximate surface area is 199 Å². The number of para-hydroxylation sites is 1. The maximum Gasteiger partial charge on any atom is 0.350 e. The van der Waals surface area contributed by atoms with E-state index >= 15 is 0 Å². The molecule has 0 N–H and O–H groups in total. The molecule has 4 aromatic rings. The first kappa shape index (κ1) is 22.6. The first-order chi connectivity index (χ1) is 16.8. The Balaban J connectivity index is 1.34. The molecule has 0 saturated carbocycles. The zero-order valence-electron chi connectivity index (χ0n) is 19.8. The van der Waals surface area contributed by atoms with Crippen LogP contribution in [0, 0.1) is 0 Å². The van der Waals surface area contributed by atoms with Gasteiger partial charge in [0.25, 0.3) is 5.56 Å². The number of amides is 1. The van der Waals surface area contributed by atoms with Gasteiger partial charge in [0, 0.05) is 40.2 Å². The Morgan fingerprint density at radius 1 is 0.971 bits per heavy atom. The van der Waals surface area contributed by atoms with Crippen molar-refractivity contribution in [2.45, 2.75) is 25.3 Å². The zero-order chi connectivity index (χ0) is 24.9. The Bertz CT molecular complexity index is 1600. The molecule has 182 valence electrons. The molecule has 35 heavy (non-hydrogen) atoms. The van der Waals surface area contributed by atoms with Crippen LogP contribution in [-0.4, -0.2) is 56.9 Å². The van der Waals surface area contributed by atoms with Gasteiger partial charge in [0.15, 0.2) is 11.2 Å². The summed E-state index contributed by atoms with van der Waals surface area (Å²) >= 11 is 0. The quantitative estimate of drug-likeness (QED) is 0.398. The smallest absolute Gasteiger partial charge is 0.341 e. The van der Waals surface area contributed by atoms with Crippen LogP contribution < -0.4 is 16.9 Å². The summed E-state index contributed by atoms with van der Waals surface area (Å²) in [5, 5.41) is 4.49. The van der Waals surface area contributed by atoms with E-state index in [-0.39, 0.29) is 35.2 Å². The monoisotopic (exact) mass is 478 g/mol. The molecular formula is C23H26N8O4. The van der Waals surface area contributed by atoms with Gasteiger partial charge in [-0.2, -0.15) is 5.10 Å². The summed E-state index contributed by atoms with van der Waals surface area (Å²) in [5.41, 5.74) is 0.0809. The Kier molecular flexibility index (Phi) is 5.50. The van der Waals surface area contributed by atoms with Crippen molar-refractivity contribution in [2.24, 2.45) is 21.1 Å². The number of fused-ring (bicyclic) bond motifs is 1. The highest BCUT2D eigenvalue weighted by molar-refractivity contribution is 5.79. The number of imidazole rings is 1. The van der Waals surface area contributed by atoms with E-state index in [0.29, 0.717) is 31.8 Å². The average molecular weight is 479 g/mol. The number of aryl methyl sites for hydroxylation is 2. The number of rotatable bonds is 4. The number of carbonyl (C=O) groups is 1. The van der Waals surface area contributed by atoms with Crippen LogP contribution in [0.5, 0.6) is 0 Å². The minimum absolute atomic E-state index is 0.0315. The maximum absolute atomic E-state index is 13.1. The van der Waals surface area contributed by atoms with Crippen molar-refractivity contribution >= 4 is 17.1 Å². The van der Waals surface area contributed by atoms with E-state index in [9.17, 15) is 19.2 Å². The minimum atomic E-state index is -0.485. The zero-order valence-corrected chi connectivity index (χ0v) is 19.8. The van der Waals surface area contributed by atoms with Crippen molar-refractivity contribution < 1.29 is 4.79 Å². The molecule has 1 aromatic carbocycles. The summed E-state index contributed by atoms with van der Waals surface area (Å²) in [7, 11) is 4.58. The summed E-state index contributed by atoms with van der Waals surface area (Å²) in [5.74, 6) is 0.588. The number of carbonyl (C=O) groups excluding carboxylic acids is 1. The van der Waals surface area contributed by atoms with Crippen LogP contribution in [0.15, 0.2) is 51.0 Å². The lowest BCUT2D eigenvalue weighted by Crippen LogP contribution is -2.41. The van der Waals surface area contributed by atoms with Gasteiger partial charge in [0.1, 0.15) is 12.4 Å². The average Bonchev–Trinajstić information content (AvgIpc) is 3.42. The van der Waals surface area contributed by atoms with Crippen LogP contribution in [0.1, 0.15) is 24.6 Å². The first-order valence-corrected chi connectivity index (χ1v) is 11.4. The van der Waals surface area contributed by atoms with Gasteiger partial charge in [-0.1, -0.05) is 18.2 Å². The molecule has 0 radical (unpaired) electrons. The number of hydrogen-bond acceptors (Lipinski definition) is 6. The fraction of sp³-hybridized carbons (Fsp3) is 0.391. The number of piperidine rings is 1. The second kappa shape index (κ2) is 8.53. The lowest BCUT2D eigenvalue weighted by Gasteiger charge is -2.31. The molecule has 0 aliphatic carbocycles. The molecule has 3 aromatic heterocycles. The summed E-state index contributed by atoms with van der Waals surface area (Å²) < 4.78 is 6.78. The van der Waals surface area contributed by atoms with Gasteiger partial charge in [-0.25, -0.2) is 23.8 Å². The fourth-order valence-corrected chi connectivity index (χ4v) is 4.72. The summed E-state index contributed by atoms with van der Waals surface area (Å²) in [6.45, 7) is 0.964. The highest BCUT2D eigenvalue weighted by Crippen LogP contribution is 2.27. The van der Waals surface area contributed by atoms with Crippen molar-refractivity contribution in [3.8, 4) is 5.69 Å². The summed E-state index contributed by atoms with van der Waals surface area (Å²) in [6.07, 6.45) is 2.74. The third-order valence-electron chi connectivity index (χ3n) is 6.70. The third-order valence-corrected chi connectivity index (χ3v) is 6.70. The summed E-state index contributed by atoms with van der Waals surface area (Å²) in [6, 6.07) is 9.41. The maximum atomic E-state index is 13.1. The Morgan fingerprint density at radius 3 is 2.34 bits per heavy atom. The normalized spacial score (nSPS) is 14.7. The van der Waals surface area contributed by atoms with Gasteiger partial charge in [-0.05, 0) is 25.0 Å². The second-order valence-corrected chi connectivity index (χ2v) is 8.84. The predicted octanol–water partition coefficient (Wildman–Crippen LogP) is -0.276. The van der Waals surface area contributed by atoms with E-state index in [2.05, 4.69) is 10.1 Å². The van der Waals surface area contributed by atoms with Crippen LogP contribution in [0.4, 0.5) is 0 Å². The molecule has 4 heterocycles. The SMILES string of the molecule is Cn1nc(C2CCN(C(=O)Cn3cnc4c3c(=O)n(C)c(=O)n4C)CC2)n(-c2ccccc2)c1=O. The Hall–Kier alpha value is -4.22. The molecule has 0 spiro atoms. The molecule has 0 atom stereocenters. The van der Waals surface area contributed by atoms with Crippen molar-refractivity contribution in [1.29, 1.82) is 0 Å². The molecule has 1 aliphatic heterocycles. The van der Waals surface area contributed by atoms with Crippen molar-refractivity contribution in [1.82, 2.24) is 37.9 Å². The van der Waals surface area contributed by atoms with E-state index in [1.807, 2.05) is 30.3 Å². The second-order valence-electron chi connectivity index (χ2n) is 8.84. The highest BCUT2D eigenvalue weighted by atomic mass is 16.2. The van der Waals surface area contributed by atoms with Crippen LogP contribution >= 0.6 is 0 Å². The molecule has 0 unspecified atom stereocenters. The van der Waals surface area contributed by atoms with E-state index in [4.69, 9.17) is 0 Å². The van der Waals surface area contributed by atoms with Gasteiger partial charge in [-0.15, -0.1) is 0 Å². The standard InChI is InChI=1S/C23H26N8O4/c1-26-20-18(21(33)27(2)22(26)34)30(14-24-20)13-17(32)29-11-9-15(10-12-29)19-25-28(3)23(35)31(19)16-7-5-4-6-8-16/h4-8,14-15H,9-13H2,1-3H3. The van der Waals surface area contributed by atoms with E-state index < -0.39 is 11.2 Å². The molecule has 12 heteroatoms. The molecular weight excluding hydrogens is 452 g/mol. The number of benzene rings is 1. The van der Waals surface area contributed by atoms with Crippen molar-refractivity contribution in [3.05, 3.63) is 73.8 Å². The number of likely N-dealkylation sites (tertiary alicyclic amines) is 1. The molecule has 12 nitrogen and oxygen atoms in total. The molecule has 5 rings (SSSR count). The van der Waals surface area contributed by atoms with Crippen LogP contribution in [0.25, 0.3) is 16.9 Å². The van der Waals surface area contributed by atoms with Gasteiger partial charge < -0.3 is 9.47 Å². The summed E-state index contributed by atoms with van der Waals surface area (Å²) in [4.78, 5) is 56.5. The molecule has 0 bridgehead atoms. The lowest BCUT2D eigenvalue weighted by molar-refractivity contribution is -0.132. The lowest BCUT2D eigenvalue weighted by atomic mass is 9.95. The van der Waals surface area contributed by atoms with E-state index in [1.54, 1.807) is 23.6 Å². The van der Waals surface area contributed by atoms with Gasteiger partial charge in [-0.3, -0.25) is 18.7 Å². The number of hydrogen-bond donors (Lipinski definition) is 0. The van der Waals surface area contributed by atoms with Crippen molar-refractivity contribution in [2.75, 3.05) is 13.1 Å². The van der Waals surface area contributed by atoms with Crippen LogP contribution in [0.3, 0.4) is 0 Å². The topological polar surface area (TPSA) is 122 Å². The highest BCUT2D eigenvalue weighted by Gasteiger charge is 2.29.